The van der Waals surface area contributed by atoms with Gasteiger partial charge in [-0.05, 0) is 30.2 Å². The quantitative estimate of drug-likeness (QED) is 0.783. The van der Waals surface area contributed by atoms with Crippen LogP contribution in [-0.4, -0.2) is 6.54 Å². The second-order valence-electron chi connectivity index (χ2n) is 3.65. The zero-order chi connectivity index (χ0) is 9.68. The summed E-state index contributed by atoms with van der Waals surface area (Å²) in [6, 6.07) is 7.95. The van der Waals surface area contributed by atoms with Gasteiger partial charge < -0.3 is 5.32 Å². The first kappa shape index (κ1) is 10.6. The van der Waals surface area contributed by atoms with Crippen LogP contribution in [0.15, 0.2) is 24.3 Å². The summed E-state index contributed by atoms with van der Waals surface area (Å²) in [4.78, 5) is 0. The third kappa shape index (κ3) is 4.30. The lowest BCUT2D eigenvalue weighted by Crippen LogP contribution is -2.18. The van der Waals surface area contributed by atoms with Gasteiger partial charge in [0.05, 0.1) is 0 Å². The summed E-state index contributed by atoms with van der Waals surface area (Å²) in [6.07, 6.45) is 0. The van der Waals surface area contributed by atoms with Crippen molar-refractivity contribution in [2.24, 2.45) is 5.92 Å². The van der Waals surface area contributed by atoms with E-state index in [0.717, 1.165) is 18.1 Å². The minimum absolute atomic E-state index is 0.701. The molecule has 0 amide bonds. The lowest BCUT2D eigenvalue weighted by Gasteiger charge is -2.07. The Bertz CT molecular complexity index is 241. The largest absolute Gasteiger partial charge is 0.312 e. The van der Waals surface area contributed by atoms with Crippen LogP contribution in [0.3, 0.4) is 0 Å². The lowest BCUT2D eigenvalue weighted by molar-refractivity contribution is 0.552. The Hall–Kier alpha value is -0.530. The predicted octanol–water partition coefficient (Wildman–Crippen LogP) is 3.09. The van der Waals surface area contributed by atoms with Gasteiger partial charge in [-0.3, -0.25) is 0 Å². The Morgan fingerprint density at radius 3 is 2.38 bits per heavy atom. The summed E-state index contributed by atoms with van der Waals surface area (Å²) < 4.78 is 0. The third-order valence-corrected chi connectivity index (χ3v) is 2.05. The van der Waals surface area contributed by atoms with Crippen LogP contribution in [0.1, 0.15) is 19.4 Å². The molecule has 0 unspecified atom stereocenters. The first-order valence-corrected chi connectivity index (χ1v) is 5.01. The van der Waals surface area contributed by atoms with Crippen molar-refractivity contribution >= 4 is 11.6 Å². The van der Waals surface area contributed by atoms with Crippen LogP contribution in [0.4, 0.5) is 0 Å². The summed E-state index contributed by atoms with van der Waals surface area (Å²) in [5.41, 5.74) is 1.28. The SMILES string of the molecule is CC(C)CNCc1ccc(Cl)cc1. The monoisotopic (exact) mass is 197 g/mol. The van der Waals surface area contributed by atoms with Gasteiger partial charge in [-0.25, -0.2) is 0 Å². The van der Waals surface area contributed by atoms with E-state index in [1.54, 1.807) is 0 Å². The van der Waals surface area contributed by atoms with Gasteiger partial charge >= 0.3 is 0 Å². The highest BCUT2D eigenvalue weighted by Gasteiger charge is 1.94. The smallest absolute Gasteiger partial charge is 0.0406 e. The maximum absolute atomic E-state index is 5.78. The molecule has 0 spiro atoms. The van der Waals surface area contributed by atoms with Crippen molar-refractivity contribution in [2.75, 3.05) is 6.54 Å². The van der Waals surface area contributed by atoms with Gasteiger partial charge in [0.2, 0.25) is 0 Å². The maximum atomic E-state index is 5.78. The fourth-order valence-electron chi connectivity index (χ4n) is 1.11. The van der Waals surface area contributed by atoms with Crippen LogP contribution in [-0.2, 0) is 6.54 Å². The Morgan fingerprint density at radius 2 is 1.85 bits per heavy atom. The number of hydrogen-bond donors (Lipinski definition) is 1. The molecular weight excluding hydrogens is 182 g/mol. The molecule has 13 heavy (non-hydrogen) atoms. The van der Waals surface area contributed by atoms with E-state index in [0.29, 0.717) is 5.92 Å². The first-order valence-electron chi connectivity index (χ1n) is 4.63. The zero-order valence-corrected chi connectivity index (χ0v) is 8.93. The minimum atomic E-state index is 0.701. The second-order valence-corrected chi connectivity index (χ2v) is 4.09. The van der Waals surface area contributed by atoms with E-state index in [-0.39, 0.29) is 0 Å². The highest BCUT2D eigenvalue weighted by Crippen LogP contribution is 2.09. The van der Waals surface area contributed by atoms with Gasteiger partial charge in [-0.15, -0.1) is 0 Å². The topological polar surface area (TPSA) is 12.0 Å². The molecule has 0 aliphatic carbocycles. The fourth-order valence-corrected chi connectivity index (χ4v) is 1.23. The summed E-state index contributed by atoms with van der Waals surface area (Å²) in [5, 5.41) is 4.18. The highest BCUT2D eigenvalue weighted by molar-refractivity contribution is 6.30. The number of hydrogen-bond acceptors (Lipinski definition) is 1. The maximum Gasteiger partial charge on any atom is 0.0406 e. The van der Waals surface area contributed by atoms with Crippen LogP contribution in [0, 0.1) is 5.92 Å². The van der Waals surface area contributed by atoms with E-state index in [2.05, 4.69) is 31.3 Å². The molecule has 1 aromatic carbocycles. The van der Waals surface area contributed by atoms with E-state index < -0.39 is 0 Å². The van der Waals surface area contributed by atoms with Gasteiger partial charge in [0.15, 0.2) is 0 Å². The molecule has 0 saturated carbocycles. The van der Waals surface area contributed by atoms with Crippen molar-refractivity contribution in [3.8, 4) is 0 Å². The van der Waals surface area contributed by atoms with Crippen molar-refractivity contribution in [2.45, 2.75) is 20.4 Å². The second kappa shape index (κ2) is 5.25. The van der Waals surface area contributed by atoms with Gasteiger partial charge in [0.25, 0.3) is 0 Å². The van der Waals surface area contributed by atoms with Gasteiger partial charge in [-0.1, -0.05) is 37.6 Å². The molecule has 1 aromatic rings. The molecule has 0 aliphatic rings. The summed E-state index contributed by atoms with van der Waals surface area (Å²) in [5.74, 6) is 0.701. The summed E-state index contributed by atoms with van der Waals surface area (Å²) in [6.45, 7) is 6.39. The molecule has 2 heteroatoms. The van der Waals surface area contributed by atoms with Gasteiger partial charge in [0.1, 0.15) is 0 Å². The molecule has 1 nitrogen and oxygen atoms in total. The van der Waals surface area contributed by atoms with Crippen molar-refractivity contribution in [3.05, 3.63) is 34.9 Å². The zero-order valence-electron chi connectivity index (χ0n) is 8.18. The van der Waals surface area contributed by atoms with Crippen LogP contribution in [0.25, 0.3) is 0 Å². The molecule has 0 radical (unpaired) electrons. The average Bonchev–Trinajstić information content (AvgIpc) is 2.08. The summed E-state index contributed by atoms with van der Waals surface area (Å²) >= 11 is 5.78. The minimum Gasteiger partial charge on any atom is -0.312 e. The molecule has 0 fully saturated rings. The van der Waals surface area contributed by atoms with Gasteiger partial charge in [-0.2, -0.15) is 0 Å². The Labute approximate surface area is 85.1 Å². The van der Waals surface area contributed by atoms with E-state index in [1.807, 2.05) is 12.1 Å². The van der Waals surface area contributed by atoms with Crippen molar-refractivity contribution < 1.29 is 0 Å². The predicted molar refractivity (Wildman–Crippen MR) is 58.0 cm³/mol. The number of halogens is 1. The normalized spacial score (nSPS) is 10.8. The van der Waals surface area contributed by atoms with Crippen molar-refractivity contribution in [1.82, 2.24) is 5.32 Å². The van der Waals surface area contributed by atoms with Gasteiger partial charge in [0, 0.05) is 11.6 Å². The molecule has 1 N–H and O–H groups in total. The van der Waals surface area contributed by atoms with Crippen molar-refractivity contribution in [3.63, 3.8) is 0 Å². The molecule has 72 valence electrons. The number of nitrogens with one attached hydrogen (secondary N) is 1. The van der Waals surface area contributed by atoms with Crippen LogP contribution in [0.5, 0.6) is 0 Å². The third-order valence-electron chi connectivity index (χ3n) is 1.79. The Kier molecular flexibility index (Phi) is 4.26. The lowest BCUT2D eigenvalue weighted by atomic mass is 10.2. The Balaban J connectivity index is 2.33. The Morgan fingerprint density at radius 1 is 1.23 bits per heavy atom. The fraction of sp³-hybridized carbons (Fsp3) is 0.455. The molecule has 0 bridgehead atoms. The van der Waals surface area contributed by atoms with E-state index >= 15 is 0 Å². The average molecular weight is 198 g/mol. The standard InChI is InChI=1S/C11H16ClN/c1-9(2)7-13-8-10-3-5-11(12)6-4-10/h3-6,9,13H,7-8H2,1-2H3. The number of benzene rings is 1. The molecule has 0 heterocycles. The van der Waals surface area contributed by atoms with Crippen LogP contribution >= 0.6 is 11.6 Å². The molecule has 1 rings (SSSR count). The van der Waals surface area contributed by atoms with E-state index in [4.69, 9.17) is 11.6 Å². The molecule has 0 saturated heterocycles. The van der Waals surface area contributed by atoms with Crippen molar-refractivity contribution in [1.29, 1.82) is 0 Å². The van der Waals surface area contributed by atoms with E-state index in [1.165, 1.54) is 5.56 Å². The van der Waals surface area contributed by atoms with Crippen LogP contribution in [0.2, 0.25) is 5.02 Å². The summed E-state index contributed by atoms with van der Waals surface area (Å²) in [7, 11) is 0. The van der Waals surface area contributed by atoms with E-state index in [9.17, 15) is 0 Å². The molecule has 0 aliphatic heterocycles. The molecule has 0 atom stereocenters. The highest BCUT2D eigenvalue weighted by atomic mass is 35.5. The first-order chi connectivity index (χ1) is 6.18. The number of rotatable bonds is 4. The molecular formula is C11H16ClN. The molecule has 0 aromatic heterocycles. The van der Waals surface area contributed by atoms with Crippen LogP contribution < -0.4 is 5.32 Å².